The number of ether oxygens (including phenoxy) is 3. The van der Waals surface area contributed by atoms with Gasteiger partial charge in [0.05, 0.1) is 12.8 Å². The van der Waals surface area contributed by atoms with Crippen molar-refractivity contribution in [2.45, 2.75) is 93.0 Å². The highest BCUT2D eigenvalue weighted by Gasteiger charge is 2.41. The summed E-state index contributed by atoms with van der Waals surface area (Å²) >= 11 is 0. The molecule has 10 heteroatoms. The lowest BCUT2D eigenvalue weighted by molar-refractivity contribution is -0.160. The van der Waals surface area contributed by atoms with Gasteiger partial charge >= 0.3 is 17.9 Å². The maximum atomic E-state index is 13.2. The summed E-state index contributed by atoms with van der Waals surface area (Å²) in [6, 6.07) is 0. The lowest BCUT2D eigenvalue weighted by Gasteiger charge is -2.36. The van der Waals surface area contributed by atoms with Crippen LogP contribution in [0.25, 0.3) is 0 Å². The summed E-state index contributed by atoms with van der Waals surface area (Å²) in [7, 11) is 0. The number of Topliss-reactive ketones (excluding diaryl/α,β-unsaturated/α-hetero) is 1. The molecule has 280 valence electrons. The summed E-state index contributed by atoms with van der Waals surface area (Å²) in [5.74, 6) is -5.04. The molecule has 0 spiro atoms. The molecule has 3 N–H and O–H groups in total. The van der Waals surface area contributed by atoms with Gasteiger partial charge in [-0.1, -0.05) is 121 Å². The van der Waals surface area contributed by atoms with E-state index in [-0.39, 0.29) is 18.6 Å². The number of allylic oxidation sites excluding steroid dienone is 19. The molecule has 0 radical (unpaired) electrons. The van der Waals surface area contributed by atoms with Crippen LogP contribution in [-0.4, -0.2) is 63.9 Å². The zero-order valence-electron chi connectivity index (χ0n) is 31.3. The Kier molecular flexibility index (Phi) is 17.0. The minimum atomic E-state index is -1.63. The fraction of sp³-hybridized carbons (Fsp3) is 0.381. The Balaban J connectivity index is 1.90. The summed E-state index contributed by atoms with van der Waals surface area (Å²) in [6.45, 7) is 15.1. The van der Waals surface area contributed by atoms with Gasteiger partial charge in [0.15, 0.2) is 23.8 Å². The first-order valence-electron chi connectivity index (χ1n) is 17.1. The maximum absolute atomic E-state index is 13.2. The maximum Gasteiger partial charge on any atom is 0.377 e. The average molecular weight is 717 g/mol. The molecule has 2 aliphatic rings. The second kappa shape index (κ2) is 20.6. The lowest BCUT2D eigenvalue weighted by Crippen LogP contribution is -2.39. The van der Waals surface area contributed by atoms with Crippen molar-refractivity contribution in [3.8, 4) is 0 Å². The van der Waals surface area contributed by atoms with Crippen LogP contribution < -0.4 is 0 Å². The van der Waals surface area contributed by atoms with Gasteiger partial charge in [-0.3, -0.25) is 14.4 Å². The number of rotatable bonds is 16. The molecule has 0 aromatic carbocycles. The largest absolute Gasteiger partial charge is 0.505 e. The van der Waals surface area contributed by atoms with Crippen LogP contribution in [0.2, 0.25) is 0 Å². The molecule has 0 amide bonds. The molecule has 1 heterocycles. The number of aliphatic hydroxyl groups is 3. The highest BCUT2D eigenvalue weighted by Crippen LogP contribution is 2.41. The first-order chi connectivity index (χ1) is 24.5. The Hall–Kier alpha value is -5.22. The molecule has 1 aliphatic heterocycles. The number of hydrogen-bond acceptors (Lipinski definition) is 10. The number of hydrogen-bond donors (Lipinski definition) is 3. The Morgan fingerprint density at radius 2 is 1.37 bits per heavy atom. The molecule has 0 saturated carbocycles. The van der Waals surface area contributed by atoms with Crippen LogP contribution in [0.3, 0.4) is 0 Å². The molecule has 52 heavy (non-hydrogen) atoms. The Morgan fingerprint density at radius 3 is 1.90 bits per heavy atom. The van der Waals surface area contributed by atoms with E-state index in [1.165, 1.54) is 5.57 Å². The summed E-state index contributed by atoms with van der Waals surface area (Å²) < 4.78 is 15.0. The summed E-state index contributed by atoms with van der Waals surface area (Å²) in [6.07, 6.45) is 23.4. The van der Waals surface area contributed by atoms with Gasteiger partial charge in [0.2, 0.25) is 5.76 Å². The number of aliphatic hydroxyl groups excluding tert-OH is 3. The molecule has 0 saturated heterocycles. The molecule has 3 atom stereocenters. The van der Waals surface area contributed by atoms with E-state index in [0.29, 0.717) is 5.57 Å². The molecule has 10 nitrogen and oxygen atoms in total. The SMILES string of the molecule is C/C=C/C(C)=C/C=C/C(C)=C/C=C/C=C(C)/C=C/C=C(C)/C=C/C1=C(C)C(=O)C(OC(=O)CCC(=O)OC[C@H](O)[C@H]2OC(=O)C(O)=C2O)CC1(C)C. The second-order valence-electron chi connectivity index (χ2n) is 13.4. The van der Waals surface area contributed by atoms with E-state index in [9.17, 15) is 34.5 Å². The van der Waals surface area contributed by atoms with Crippen LogP contribution in [0.1, 0.15) is 74.7 Å². The smallest absolute Gasteiger partial charge is 0.377 e. The van der Waals surface area contributed by atoms with Crippen LogP contribution in [-0.2, 0) is 33.4 Å². The Bertz CT molecular complexity index is 1700. The van der Waals surface area contributed by atoms with E-state index >= 15 is 0 Å². The topological polar surface area (TPSA) is 157 Å². The van der Waals surface area contributed by atoms with E-state index in [4.69, 9.17) is 9.47 Å². The summed E-state index contributed by atoms with van der Waals surface area (Å²) in [5.41, 5.74) is 5.25. The van der Waals surface area contributed by atoms with Gasteiger partial charge in [-0.05, 0) is 58.1 Å². The van der Waals surface area contributed by atoms with Crippen molar-refractivity contribution >= 4 is 23.7 Å². The number of cyclic esters (lactones) is 1. The third kappa shape index (κ3) is 13.8. The van der Waals surface area contributed by atoms with Gasteiger partial charge < -0.3 is 29.5 Å². The Labute approximate surface area is 306 Å². The van der Waals surface area contributed by atoms with Crippen LogP contribution >= 0.6 is 0 Å². The molecule has 2 rings (SSSR count). The standard InChI is InChI=1S/C42H52O10/c1-9-14-27(2)17-12-18-28(3)15-10-11-16-29(4)19-13-20-30(5)21-22-32-31(6)37(46)34(25-42(32,7)8)51-36(45)24-23-35(44)50-26-33(43)40-38(47)39(48)41(49)52-40/h9-22,33-34,40,43,47-48H,23-26H2,1-8H3/b11-10+,14-9+,18-12+,19-13+,22-21+,27-17+,28-15+,29-16+,30-20+/t33-,34?,40+/m0/s1. The fourth-order valence-corrected chi connectivity index (χ4v) is 5.30. The molecule has 0 aromatic rings. The number of ketones is 1. The quantitative estimate of drug-likeness (QED) is 0.0820. The Morgan fingerprint density at radius 1 is 0.846 bits per heavy atom. The van der Waals surface area contributed by atoms with Crippen molar-refractivity contribution < 1.29 is 48.7 Å². The van der Waals surface area contributed by atoms with Crippen molar-refractivity contribution in [2.24, 2.45) is 5.41 Å². The van der Waals surface area contributed by atoms with E-state index in [1.807, 2.05) is 95.4 Å². The van der Waals surface area contributed by atoms with Crippen molar-refractivity contribution in [1.82, 2.24) is 0 Å². The van der Waals surface area contributed by atoms with E-state index in [2.05, 4.69) is 42.9 Å². The molecular formula is C42H52O10. The highest BCUT2D eigenvalue weighted by molar-refractivity contribution is 6.01. The van der Waals surface area contributed by atoms with Gasteiger partial charge in [0, 0.05) is 6.42 Å². The zero-order valence-corrected chi connectivity index (χ0v) is 31.3. The van der Waals surface area contributed by atoms with Crippen molar-refractivity contribution in [2.75, 3.05) is 6.61 Å². The highest BCUT2D eigenvalue weighted by atomic mass is 16.6. The predicted octanol–water partition coefficient (Wildman–Crippen LogP) is 7.74. The normalized spacial score (nSPS) is 21.5. The van der Waals surface area contributed by atoms with Gasteiger partial charge in [-0.25, -0.2) is 4.79 Å². The molecule has 0 bridgehead atoms. The van der Waals surface area contributed by atoms with Crippen LogP contribution in [0.15, 0.2) is 130 Å². The molecular weight excluding hydrogens is 664 g/mol. The van der Waals surface area contributed by atoms with Crippen LogP contribution in [0.4, 0.5) is 0 Å². The van der Waals surface area contributed by atoms with Crippen LogP contribution in [0.5, 0.6) is 0 Å². The number of carbonyl (C=O) groups is 4. The van der Waals surface area contributed by atoms with Gasteiger partial charge in [-0.15, -0.1) is 0 Å². The van der Waals surface area contributed by atoms with E-state index in [0.717, 1.165) is 22.3 Å². The van der Waals surface area contributed by atoms with Crippen molar-refractivity contribution in [3.05, 3.63) is 130 Å². The van der Waals surface area contributed by atoms with Gasteiger partial charge in [0.1, 0.15) is 12.7 Å². The number of carbonyl (C=O) groups excluding carboxylic acids is 4. The van der Waals surface area contributed by atoms with E-state index in [1.54, 1.807) is 6.92 Å². The molecule has 1 unspecified atom stereocenters. The lowest BCUT2D eigenvalue weighted by atomic mass is 9.71. The monoisotopic (exact) mass is 716 g/mol. The number of esters is 3. The first kappa shape index (κ1) is 42.9. The molecule has 1 aliphatic carbocycles. The van der Waals surface area contributed by atoms with Gasteiger partial charge in [0.25, 0.3) is 0 Å². The first-order valence-corrected chi connectivity index (χ1v) is 17.1. The molecule has 0 fully saturated rings. The summed E-state index contributed by atoms with van der Waals surface area (Å²) in [4.78, 5) is 49.1. The third-order valence-corrected chi connectivity index (χ3v) is 8.21. The zero-order chi connectivity index (χ0) is 39.0. The average Bonchev–Trinajstić information content (AvgIpc) is 3.33. The second-order valence-corrected chi connectivity index (χ2v) is 13.4. The van der Waals surface area contributed by atoms with Gasteiger partial charge in [-0.2, -0.15) is 0 Å². The van der Waals surface area contributed by atoms with Crippen molar-refractivity contribution in [1.29, 1.82) is 0 Å². The molecule has 0 aromatic heterocycles. The summed E-state index contributed by atoms with van der Waals surface area (Å²) in [5, 5.41) is 29.0. The minimum absolute atomic E-state index is 0.258. The van der Waals surface area contributed by atoms with Crippen LogP contribution in [0, 0.1) is 5.41 Å². The fourth-order valence-electron chi connectivity index (χ4n) is 5.30. The third-order valence-electron chi connectivity index (χ3n) is 8.21. The minimum Gasteiger partial charge on any atom is -0.505 e. The predicted molar refractivity (Wildman–Crippen MR) is 201 cm³/mol. The van der Waals surface area contributed by atoms with Crippen molar-refractivity contribution in [3.63, 3.8) is 0 Å². The van der Waals surface area contributed by atoms with E-state index < -0.39 is 66.2 Å².